The third-order valence-corrected chi connectivity index (χ3v) is 5.66. The number of hydrogen-bond donors (Lipinski definition) is 3. The van der Waals surface area contributed by atoms with Crippen molar-refractivity contribution in [1.29, 1.82) is 0 Å². The summed E-state index contributed by atoms with van der Waals surface area (Å²) in [7, 11) is 1.46. The normalized spacial score (nSPS) is 19.6. The highest BCUT2D eigenvalue weighted by atomic mass is 16.5. The number of piperazine rings is 1. The summed E-state index contributed by atoms with van der Waals surface area (Å²) in [5.74, 6) is 0.420. The summed E-state index contributed by atoms with van der Waals surface area (Å²) in [5, 5.41) is 12.6. The molecular formula is C20H25N5O4. The largest absolute Gasteiger partial charge is 0.504 e. The highest BCUT2D eigenvalue weighted by Crippen LogP contribution is 2.37. The number of rotatable bonds is 4. The summed E-state index contributed by atoms with van der Waals surface area (Å²) >= 11 is 0. The second-order valence-corrected chi connectivity index (χ2v) is 7.31. The predicted molar refractivity (Wildman–Crippen MR) is 109 cm³/mol. The molecule has 29 heavy (non-hydrogen) atoms. The van der Waals surface area contributed by atoms with Crippen LogP contribution < -0.4 is 20.5 Å². The lowest BCUT2D eigenvalue weighted by molar-refractivity contribution is -0.116. The first-order chi connectivity index (χ1) is 14.0. The minimum absolute atomic E-state index is 0.00494. The number of carbonyl (C=O) groups excluding carboxylic acids is 1. The topological polar surface area (TPSA) is 111 Å². The van der Waals surface area contributed by atoms with Gasteiger partial charge in [-0.3, -0.25) is 14.6 Å². The number of fused-ring (bicyclic) bond motifs is 1. The third kappa shape index (κ3) is 3.65. The lowest BCUT2D eigenvalue weighted by atomic mass is 9.86. The second kappa shape index (κ2) is 7.75. The van der Waals surface area contributed by atoms with Gasteiger partial charge in [-0.05, 0) is 24.2 Å². The van der Waals surface area contributed by atoms with E-state index in [1.54, 1.807) is 12.1 Å². The van der Waals surface area contributed by atoms with Gasteiger partial charge in [-0.15, -0.1) is 0 Å². The van der Waals surface area contributed by atoms with Crippen LogP contribution >= 0.6 is 0 Å². The SMILES string of the molecule is CCN1CCN(c2nc3c(c(=O)[nH]2)C(c2ccc(O)c(OC)c2)CC(=O)N3)CC1. The fourth-order valence-corrected chi connectivity index (χ4v) is 3.98. The molecule has 3 heterocycles. The maximum atomic E-state index is 13.0. The molecule has 0 bridgehead atoms. The number of ether oxygens (including phenoxy) is 1. The van der Waals surface area contributed by atoms with Gasteiger partial charge in [0.15, 0.2) is 11.5 Å². The van der Waals surface area contributed by atoms with Crippen LogP contribution in [0.4, 0.5) is 11.8 Å². The average Bonchev–Trinajstić information content (AvgIpc) is 2.73. The first kappa shape index (κ1) is 19.3. The van der Waals surface area contributed by atoms with Crippen molar-refractivity contribution < 1.29 is 14.6 Å². The molecule has 0 saturated carbocycles. The Bertz CT molecular complexity index is 981. The van der Waals surface area contributed by atoms with Crippen molar-refractivity contribution in [2.24, 2.45) is 0 Å². The number of likely N-dealkylation sites (N-methyl/N-ethyl adjacent to an activating group) is 1. The number of aromatic amines is 1. The van der Waals surface area contributed by atoms with Crippen LogP contribution in [-0.4, -0.2) is 65.7 Å². The number of nitrogens with one attached hydrogen (secondary N) is 2. The van der Waals surface area contributed by atoms with Crippen molar-refractivity contribution in [3.63, 3.8) is 0 Å². The molecule has 0 radical (unpaired) electrons. The van der Waals surface area contributed by atoms with Gasteiger partial charge >= 0.3 is 0 Å². The molecule has 1 aromatic heterocycles. The van der Waals surface area contributed by atoms with Gasteiger partial charge in [0.25, 0.3) is 5.56 Å². The maximum absolute atomic E-state index is 13.0. The van der Waals surface area contributed by atoms with Crippen LogP contribution in [0.2, 0.25) is 0 Å². The number of hydrogen-bond acceptors (Lipinski definition) is 7. The Morgan fingerprint density at radius 3 is 2.69 bits per heavy atom. The molecule has 1 fully saturated rings. The van der Waals surface area contributed by atoms with E-state index in [2.05, 4.69) is 27.1 Å². The zero-order valence-corrected chi connectivity index (χ0v) is 16.6. The Morgan fingerprint density at radius 2 is 2.00 bits per heavy atom. The fourth-order valence-electron chi connectivity index (χ4n) is 3.98. The van der Waals surface area contributed by atoms with E-state index < -0.39 is 5.92 Å². The number of nitrogens with zero attached hydrogens (tertiary/aromatic N) is 3. The quantitative estimate of drug-likeness (QED) is 0.706. The molecule has 0 aliphatic carbocycles. The van der Waals surface area contributed by atoms with Crippen LogP contribution in [0.5, 0.6) is 11.5 Å². The molecule has 1 saturated heterocycles. The van der Waals surface area contributed by atoms with Gasteiger partial charge in [0, 0.05) is 38.5 Å². The van der Waals surface area contributed by atoms with Gasteiger partial charge in [-0.2, -0.15) is 4.98 Å². The molecule has 1 amide bonds. The van der Waals surface area contributed by atoms with Crippen molar-refractivity contribution in [1.82, 2.24) is 14.9 Å². The lowest BCUT2D eigenvalue weighted by Gasteiger charge is -2.35. The lowest BCUT2D eigenvalue weighted by Crippen LogP contribution is -2.47. The highest BCUT2D eigenvalue weighted by Gasteiger charge is 2.32. The number of amides is 1. The molecule has 9 heteroatoms. The number of phenols is 1. The summed E-state index contributed by atoms with van der Waals surface area (Å²) in [6.07, 6.45) is 0.125. The predicted octanol–water partition coefficient (Wildman–Crippen LogP) is 1.10. The van der Waals surface area contributed by atoms with E-state index in [-0.39, 0.29) is 23.6 Å². The molecule has 9 nitrogen and oxygen atoms in total. The summed E-state index contributed by atoms with van der Waals surface area (Å²) in [6.45, 7) is 6.46. The van der Waals surface area contributed by atoms with Crippen LogP contribution in [0.1, 0.15) is 30.4 Å². The van der Waals surface area contributed by atoms with Crippen LogP contribution in [0.3, 0.4) is 0 Å². The molecule has 2 aromatic rings. The minimum Gasteiger partial charge on any atom is -0.504 e. The standard InChI is InChI=1S/C20H25N5O4/c1-3-24-6-8-25(9-7-24)20-22-18-17(19(28)23-20)13(11-16(27)21-18)12-4-5-14(26)15(10-12)29-2/h4-5,10,13,26H,3,6-9,11H2,1-2H3,(H2,21,22,23,27,28). The highest BCUT2D eigenvalue weighted by molar-refractivity contribution is 5.94. The van der Waals surface area contributed by atoms with Crippen molar-refractivity contribution in [2.75, 3.05) is 50.1 Å². The van der Waals surface area contributed by atoms with E-state index in [9.17, 15) is 14.7 Å². The zero-order valence-electron chi connectivity index (χ0n) is 16.6. The van der Waals surface area contributed by atoms with Gasteiger partial charge in [-0.25, -0.2) is 0 Å². The number of H-pyrrole nitrogens is 1. The molecule has 3 N–H and O–H groups in total. The van der Waals surface area contributed by atoms with Crippen molar-refractivity contribution >= 4 is 17.7 Å². The number of anilines is 2. The van der Waals surface area contributed by atoms with E-state index in [0.29, 0.717) is 28.6 Å². The number of benzene rings is 1. The van der Waals surface area contributed by atoms with E-state index in [4.69, 9.17) is 4.74 Å². The summed E-state index contributed by atoms with van der Waals surface area (Å²) in [6, 6.07) is 4.85. The molecule has 4 rings (SSSR count). The average molecular weight is 399 g/mol. The molecule has 154 valence electrons. The zero-order chi connectivity index (χ0) is 20.5. The smallest absolute Gasteiger partial charge is 0.258 e. The Kier molecular flexibility index (Phi) is 5.14. The Balaban J connectivity index is 1.70. The van der Waals surface area contributed by atoms with Gasteiger partial charge < -0.3 is 25.0 Å². The van der Waals surface area contributed by atoms with Gasteiger partial charge in [0.1, 0.15) is 5.82 Å². The molecular weight excluding hydrogens is 374 g/mol. The minimum atomic E-state index is -0.463. The Labute approximate surface area is 168 Å². The van der Waals surface area contributed by atoms with Crippen LogP contribution in [0, 0.1) is 0 Å². The van der Waals surface area contributed by atoms with E-state index >= 15 is 0 Å². The van der Waals surface area contributed by atoms with Crippen molar-refractivity contribution in [3.05, 3.63) is 39.7 Å². The number of carbonyl (C=O) groups is 1. The number of phenolic OH excluding ortho intramolecular Hbond substituents is 1. The van der Waals surface area contributed by atoms with Gasteiger partial charge in [-0.1, -0.05) is 13.0 Å². The Hall–Kier alpha value is -3.07. The number of aromatic hydroxyl groups is 1. The van der Waals surface area contributed by atoms with Crippen molar-refractivity contribution in [2.45, 2.75) is 19.3 Å². The van der Waals surface area contributed by atoms with Crippen molar-refractivity contribution in [3.8, 4) is 11.5 Å². The summed E-state index contributed by atoms with van der Waals surface area (Å²) < 4.78 is 5.18. The van der Waals surface area contributed by atoms with Gasteiger partial charge in [0.2, 0.25) is 11.9 Å². The molecule has 0 spiro atoms. The van der Waals surface area contributed by atoms with E-state index in [1.807, 2.05) is 4.90 Å². The summed E-state index contributed by atoms with van der Waals surface area (Å²) in [5.41, 5.74) is 0.876. The second-order valence-electron chi connectivity index (χ2n) is 7.31. The molecule has 1 unspecified atom stereocenters. The molecule has 1 atom stereocenters. The van der Waals surface area contributed by atoms with Crippen LogP contribution in [-0.2, 0) is 4.79 Å². The maximum Gasteiger partial charge on any atom is 0.258 e. The van der Waals surface area contributed by atoms with Crippen LogP contribution in [0.25, 0.3) is 0 Å². The Morgan fingerprint density at radius 1 is 1.24 bits per heavy atom. The van der Waals surface area contributed by atoms with E-state index in [0.717, 1.165) is 32.7 Å². The first-order valence-electron chi connectivity index (χ1n) is 9.78. The summed E-state index contributed by atoms with van der Waals surface area (Å²) in [4.78, 5) is 37.2. The number of aromatic nitrogens is 2. The molecule has 2 aliphatic rings. The van der Waals surface area contributed by atoms with Gasteiger partial charge in [0.05, 0.1) is 12.7 Å². The van der Waals surface area contributed by atoms with Crippen LogP contribution in [0.15, 0.2) is 23.0 Å². The monoisotopic (exact) mass is 399 g/mol. The van der Waals surface area contributed by atoms with E-state index in [1.165, 1.54) is 13.2 Å². The molecule has 1 aromatic carbocycles. The number of methoxy groups -OCH3 is 1. The fraction of sp³-hybridized carbons (Fsp3) is 0.450. The first-order valence-corrected chi connectivity index (χ1v) is 9.78. The molecule has 2 aliphatic heterocycles. The third-order valence-electron chi connectivity index (χ3n) is 5.66.